The largest absolute Gasteiger partial charge is 0.382 e. The van der Waals surface area contributed by atoms with Crippen LogP contribution in [0.25, 0.3) is 0 Å². The number of unbranched alkanes of at least 4 members (excludes halogenated alkanes) is 1. The highest BCUT2D eigenvalue weighted by molar-refractivity contribution is 5.92. The van der Waals surface area contributed by atoms with Gasteiger partial charge in [-0.1, -0.05) is 19.8 Å². The van der Waals surface area contributed by atoms with Gasteiger partial charge < -0.3 is 15.3 Å². The van der Waals surface area contributed by atoms with Crippen LogP contribution in [0, 0.1) is 5.92 Å². The lowest BCUT2D eigenvalue weighted by Gasteiger charge is -2.29. The normalized spacial score (nSPS) is 20.4. The SMILES string of the molecule is CCCCC(C(=O)N1CCC[C@H]1C(=O)NC)C(O)C(=O)NO. The van der Waals surface area contributed by atoms with Gasteiger partial charge in [-0.2, -0.15) is 0 Å². The van der Waals surface area contributed by atoms with E-state index in [1.807, 2.05) is 6.92 Å². The van der Waals surface area contributed by atoms with Gasteiger partial charge in [0.1, 0.15) is 12.1 Å². The van der Waals surface area contributed by atoms with E-state index >= 15 is 0 Å². The van der Waals surface area contributed by atoms with Gasteiger partial charge in [-0.3, -0.25) is 19.6 Å². The molecule has 8 heteroatoms. The molecule has 3 atom stereocenters. The Balaban J connectivity index is 2.90. The van der Waals surface area contributed by atoms with Gasteiger partial charge in [0.25, 0.3) is 5.91 Å². The van der Waals surface area contributed by atoms with Gasteiger partial charge >= 0.3 is 0 Å². The molecule has 4 N–H and O–H groups in total. The van der Waals surface area contributed by atoms with E-state index in [1.165, 1.54) is 17.4 Å². The van der Waals surface area contributed by atoms with E-state index in [-0.39, 0.29) is 5.91 Å². The highest BCUT2D eigenvalue weighted by Gasteiger charge is 2.40. The Kier molecular flexibility index (Phi) is 7.26. The second-order valence-corrected chi connectivity index (χ2v) is 5.47. The molecule has 0 aromatic rings. The minimum atomic E-state index is -1.63. The van der Waals surface area contributed by atoms with Gasteiger partial charge in [-0.25, -0.2) is 5.48 Å². The summed E-state index contributed by atoms with van der Waals surface area (Å²) < 4.78 is 0. The Morgan fingerprint density at radius 3 is 2.59 bits per heavy atom. The molecule has 0 aromatic carbocycles. The summed E-state index contributed by atoms with van der Waals surface area (Å²) in [5.41, 5.74) is 1.37. The lowest BCUT2D eigenvalue weighted by molar-refractivity contribution is -0.152. The number of rotatable bonds is 7. The maximum atomic E-state index is 12.7. The summed E-state index contributed by atoms with van der Waals surface area (Å²) in [6.45, 7) is 2.36. The highest BCUT2D eigenvalue weighted by Crippen LogP contribution is 2.24. The maximum absolute atomic E-state index is 12.7. The number of carbonyl (C=O) groups is 3. The van der Waals surface area contributed by atoms with Crippen molar-refractivity contribution in [2.45, 2.75) is 51.2 Å². The Bertz CT molecular complexity index is 415. The van der Waals surface area contributed by atoms with Crippen molar-refractivity contribution in [1.29, 1.82) is 0 Å². The van der Waals surface area contributed by atoms with Crippen molar-refractivity contribution in [3.63, 3.8) is 0 Å². The molecule has 1 aliphatic heterocycles. The number of hydroxylamine groups is 1. The molecule has 0 saturated carbocycles. The van der Waals surface area contributed by atoms with Gasteiger partial charge in [-0.15, -0.1) is 0 Å². The molecule has 0 aliphatic carbocycles. The molecule has 126 valence electrons. The van der Waals surface area contributed by atoms with Crippen molar-refractivity contribution in [3.05, 3.63) is 0 Å². The minimum Gasteiger partial charge on any atom is -0.382 e. The lowest BCUT2D eigenvalue weighted by atomic mass is 9.93. The van der Waals surface area contributed by atoms with Gasteiger partial charge in [0.15, 0.2) is 0 Å². The molecule has 1 heterocycles. The van der Waals surface area contributed by atoms with Crippen LogP contribution in [0.5, 0.6) is 0 Å². The predicted octanol–water partition coefficient (Wildman–Crippen LogP) is -0.604. The molecule has 1 rings (SSSR count). The Morgan fingerprint density at radius 2 is 2.05 bits per heavy atom. The third kappa shape index (κ3) is 4.17. The molecule has 1 saturated heterocycles. The molecule has 0 spiro atoms. The van der Waals surface area contributed by atoms with Crippen LogP contribution in [0.15, 0.2) is 0 Å². The first kappa shape index (κ1) is 18.4. The van der Waals surface area contributed by atoms with Crippen molar-refractivity contribution < 1.29 is 24.7 Å². The summed E-state index contributed by atoms with van der Waals surface area (Å²) in [5, 5.41) is 21.2. The van der Waals surface area contributed by atoms with Gasteiger partial charge in [0.2, 0.25) is 11.8 Å². The van der Waals surface area contributed by atoms with Gasteiger partial charge in [0, 0.05) is 13.6 Å². The third-order valence-electron chi connectivity index (χ3n) is 4.03. The number of nitrogens with one attached hydrogen (secondary N) is 2. The van der Waals surface area contributed by atoms with Crippen molar-refractivity contribution in [1.82, 2.24) is 15.7 Å². The molecule has 0 bridgehead atoms. The number of aliphatic hydroxyl groups is 1. The first-order valence-corrected chi connectivity index (χ1v) is 7.62. The third-order valence-corrected chi connectivity index (χ3v) is 4.03. The summed E-state index contributed by atoms with van der Waals surface area (Å²) in [6, 6.07) is -0.564. The highest BCUT2D eigenvalue weighted by atomic mass is 16.5. The zero-order valence-electron chi connectivity index (χ0n) is 13.0. The molecule has 1 aliphatic rings. The fourth-order valence-corrected chi connectivity index (χ4v) is 2.77. The van der Waals surface area contributed by atoms with Crippen LogP contribution in [0.3, 0.4) is 0 Å². The topological polar surface area (TPSA) is 119 Å². The summed E-state index contributed by atoms with van der Waals surface area (Å²) in [7, 11) is 1.51. The van der Waals surface area contributed by atoms with Crippen LogP contribution < -0.4 is 10.8 Å². The lowest BCUT2D eigenvalue weighted by Crippen LogP contribution is -2.51. The van der Waals surface area contributed by atoms with E-state index in [2.05, 4.69) is 5.32 Å². The van der Waals surface area contributed by atoms with Crippen LogP contribution in [0.2, 0.25) is 0 Å². The Labute approximate surface area is 129 Å². The molecule has 0 radical (unpaired) electrons. The number of likely N-dealkylation sites (tertiary alicyclic amines) is 1. The predicted molar refractivity (Wildman–Crippen MR) is 77.8 cm³/mol. The average molecular weight is 315 g/mol. The number of nitrogens with zero attached hydrogens (tertiary/aromatic N) is 1. The van der Waals surface area contributed by atoms with Crippen LogP contribution in [-0.2, 0) is 14.4 Å². The number of hydrogen-bond acceptors (Lipinski definition) is 5. The smallest absolute Gasteiger partial charge is 0.272 e. The summed E-state index contributed by atoms with van der Waals surface area (Å²) in [5.74, 6) is -2.64. The quantitative estimate of drug-likeness (QED) is 0.369. The van der Waals surface area contributed by atoms with Crippen molar-refractivity contribution >= 4 is 17.7 Å². The number of hydrogen-bond donors (Lipinski definition) is 4. The number of carbonyl (C=O) groups excluding carboxylic acids is 3. The minimum absolute atomic E-state index is 0.249. The summed E-state index contributed by atoms with van der Waals surface area (Å²) in [6.07, 6.45) is 1.41. The second-order valence-electron chi connectivity index (χ2n) is 5.47. The van der Waals surface area contributed by atoms with E-state index in [0.29, 0.717) is 32.2 Å². The van der Waals surface area contributed by atoms with E-state index in [0.717, 1.165) is 6.42 Å². The van der Waals surface area contributed by atoms with Gasteiger partial charge in [-0.05, 0) is 19.3 Å². The van der Waals surface area contributed by atoms with Crippen LogP contribution >= 0.6 is 0 Å². The monoisotopic (exact) mass is 315 g/mol. The second kappa shape index (κ2) is 8.70. The molecule has 1 fully saturated rings. The molecule has 0 aromatic heterocycles. The van der Waals surface area contributed by atoms with Crippen molar-refractivity contribution in [2.24, 2.45) is 5.92 Å². The molecule has 8 nitrogen and oxygen atoms in total. The molecule has 22 heavy (non-hydrogen) atoms. The zero-order chi connectivity index (χ0) is 16.7. The van der Waals surface area contributed by atoms with E-state index in [1.54, 1.807) is 0 Å². The van der Waals surface area contributed by atoms with E-state index < -0.39 is 29.9 Å². The van der Waals surface area contributed by atoms with Crippen LogP contribution in [0.1, 0.15) is 39.0 Å². The Morgan fingerprint density at radius 1 is 1.36 bits per heavy atom. The van der Waals surface area contributed by atoms with Crippen molar-refractivity contribution in [3.8, 4) is 0 Å². The van der Waals surface area contributed by atoms with E-state index in [9.17, 15) is 19.5 Å². The molecular formula is C14H25N3O5. The number of aliphatic hydroxyl groups excluding tert-OH is 1. The average Bonchev–Trinajstić information content (AvgIpc) is 3.02. The fourth-order valence-electron chi connectivity index (χ4n) is 2.77. The molecule has 2 unspecified atom stereocenters. The van der Waals surface area contributed by atoms with Crippen molar-refractivity contribution in [2.75, 3.05) is 13.6 Å². The number of likely N-dealkylation sites (N-methyl/N-ethyl adjacent to an activating group) is 1. The standard InChI is InChI=1S/C14H25N3O5/c1-3-4-6-9(11(18)13(20)16-22)14(21)17-8-5-7-10(17)12(19)15-2/h9-11,18,22H,3-8H2,1-2H3,(H,15,19)(H,16,20)/t9?,10-,11?/m0/s1. The van der Waals surface area contributed by atoms with Crippen LogP contribution in [0.4, 0.5) is 0 Å². The summed E-state index contributed by atoms with van der Waals surface area (Å²) >= 11 is 0. The van der Waals surface area contributed by atoms with Gasteiger partial charge in [0.05, 0.1) is 5.92 Å². The molecular weight excluding hydrogens is 290 g/mol. The first-order valence-electron chi connectivity index (χ1n) is 7.62. The first-order chi connectivity index (χ1) is 10.5. The molecule has 3 amide bonds. The van der Waals surface area contributed by atoms with Crippen LogP contribution in [-0.4, -0.2) is 58.7 Å². The van der Waals surface area contributed by atoms with E-state index in [4.69, 9.17) is 5.21 Å². The summed E-state index contributed by atoms with van der Waals surface area (Å²) in [4.78, 5) is 37.4. The fraction of sp³-hybridized carbons (Fsp3) is 0.786. The maximum Gasteiger partial charge on any atom is 0.272 e. The number of amides is 3. The zero-order valence-corrected chi connectivity index (χ0v) is 13.0. The Hall–Kier alpha value is -1.67.